The molecule has 1 aromatic carbocycles. The number of nitrogens with two attached hydrogens (primary N) is 1. The van der Waals surface area contributed by atoms with E-state index in [1.807, 2.05) is 56.4 Å². The third kappa shape index (κ3) is 3.39. The van der Waals surface area contributed by atoms with Crippen LogP contribution in [-0.4, -0.2) is 31.3 Å². The van der Waals surface area contributed by atoms with Crippen molar-refractivity contribution >= 4 is 17.0 Å². The number of hydrogen-bond donors (Lipinski definition) is 2. The first-order valence-electron chi connectivity index (χ1n) is 8.63. The van der Waals surface area contributed by atoms with Gasteiger partial charge >= 0.3 is 0 Å². The number of hydrogen-bond acceptors (Lipinski definition) is 8. The van der Waals surface area contributed by atoms with Gasteiger partial charge in [0.15, 0.2) is 5.82 Å². The van der Waals surface area contributed by atoms with Crippen LogP contribution in [0.25, 0.3) is 16.9 Å². The van der Waals surface area contributed by atoms with Crippen LogP contribution in [0.5, 0.6) is 0 Å². The van der Waals surface area contributed by atoms with Gasteiger partial charge in [-0.1, -0.05) is 22.5 Å². The molecule has 0 saturated heterocycles. The molecule has 0 atom stereocenters. The summed E-state index contributed by atoms with van der Waals surface area (Å²) in [5, 5.41) is 18.7. The van der Waals surface area contributed by atoms with E-state index in [9.17, 15) is 0 Å². The SMILES string of the molecule is CC(C)(CN=NN)c1nc(-c2cccc(Nc3ncnn4cccc34)c2)no1. The Balaban J connectivity index is 1.60. The van der Waals surface area contributed by atoms with E-state index in [0.717, 1.165) is 16.8 Å². The number of nitrogens with zero attached hydrogens (tertiary/aromatic N) is 7. The molecule has 142 valence electrons. The highest BCUT2D eigenvalue weighted by molar-refractivity contribution is 5.74. The van der Waals surface area contributed by atoms with E-state index in [1.54, 1.807) is 4.52 Å². The molecule has 0 radical (unpaired) electrons. The van der Waals surface area contributed by atoms with Gasteiger partial charge in [-0.15, -0.1) is 0 Å². The van der Waals surface area contributed by atoms with Crippen molar-refractivity contribution < 1.29 is 4.52 Å². The first-order chi connectivity index (χ1) is 13.6. The van der Waals surface area contributed by atoms with Gasteiger partial charge in [0.25, 0.3) is 0 Å². The Morgan fingerprint density at radius 1 is 1.25 bits per heavy atom. The van der Waals surface area contributed by atoms with Crippen molar-refractivity contribution in [1.82, 2.24) is 24.7 Å². The normalized spacial score (nSPS) is 12.1. The molecule has 3 aromatic heterocycles. The standard InChI is InChI=1S/C18H19N9O/c1-18(2,10-21-26-19)17-24-15(25-28-17)12-5-3-6-13(9-12)23-16-14-7-4-8-27(14)22-11-20-16/h3-9,11H,10H2,1-2H3,(H2,19,21)(H,20,22,23). The molecule has 3 N–H and O–H groups in total. The molecule has 0 aliphatic heterocycles. The molecule has 0 saturated carbocycles. The van der Waals surface area contributed by atoms with E-state index in [0.29, 0.717) is 24.1 Å². The Bertz CT molecular complexity index is 1130. The van der Waals surface area contributed by atoms with Crippen LogP contribution >= 0.6 is 0 Å². The molecular formula is C18H19N9O. The Labute approximate surface area is 160 Å². The predicted molar refractivity (Wildman–Crippen MR) is 103 cm³/mol. The summed E-state index contributed by atoms with van der Waals surface area (Å²) in [5.74, 6) is 6.76. The minimum Gasteiger partial charge on any atom is -0.338 e. The van der Waals surface area contributed by atoms with Gasteiger partial charge in [0.1, 0.15) is 11.8 Å². The van der Waals surface area contributed by atoms with E-state index in [2.05, 4.69) is 35.9 Å². The highest BCUT2D eigenvalue weighted by atomic mass is 16.5. The summed E-state index contributed by atoms with van der Waals surface area (Å²) < 4.78 is 7.19. The predicted octanol–water partition coefficient (Wildman–Crippen LogP) is 3.13. The van der Waals surface area contributed by atoms with Gasteiger partial charge in [-0.3, -0.25) is 0 Å². The van der Waals surface area contributed by atoms with E-state index >= 15 is 0 Å². The first kappa shape index (κ1) is 17.6. The molecule has 0 bridgehead atoms. The summed E-state index contributed by atoms with van der Waals surface area (Å²) in [7, 11) is 0. The Kier molecular flexibility index (Phi) is 4.44. The van der Waals surface area contributed by atoms with Gasteiger partial charge < -0.3 is 15.7 Å². The highest BCUT2D eigenvalue weighted by Gasteiger charge is 2.28. The van der Waals surface area contributed by atoms with Gasteiger partial charge in [0.2, 0.25) is 11.7 Å². The van der Waals surface area contributed by atoms with Crippen LogP contribution in [0.4, 0.5) is 11.5 Å². The first-order valence-corrected chi connectivity index (χ1v) is 8.63. The maximum atomic E-state index is 5.44. The van der Waals surface area contributed by atoms with Crippen molar-refractivity contribution in [3.63, 3.8) is 0 Å². The Morgan fingerprint density at radius 2 is 2.14 bits per heavy atom. The average molecular weight is 377 g/mol. The van der Waals surface area contributed by atoms with Crippen molar-refractivity contribution in [3.8, 4) is 11.4 Å². The number of nitrogens with one attached hydrogen (secondary N) is 1. The van der Waals surface area contributed by atoms with Crippen LogP contribution in [-0.2, 0) is 5.41 Å². The van der Waals surface area contributed by atoms with Gasteiger partial charge in [0, 0.05) is 17.4 Å². The molecule has 0 unspecified atom stereocenters. The second-order valence-corrected chi connectivity index (χ2v) is 6.87. The topological polar surface area (TPSA) is 132 Å². The molecule has 0 amide bonds. The zero-order valence-corrected chi connectivity index (χ0v) is 15.4. The molecule has 0 fully saturated rings. The summed E-state index contributed by atoms with van der Waals surface area (Å²) in [6.07, 6.45) is 3.37. The monoisotopic (exact) mass is 377 g/mol. The number of benzene rings is 1. The van der Waals surface area contributed by atoms with Crippen LogP contribution in [0.3, 0.4) is 0 Å². The van der Waals surface area contributed by atoms with E-state index in [1.165, 1.54) is 6.33 Å². The van der Waals surface area contributed by atoms with Gasteiger partial charge in [-0.05, 0) is 38.1 Å². The second-order valence-electron chi connectivity index (χ2n) is 6.87. The summed E-state index contributed by atoms with van der Waals surface area (Å²) in [4.78, 5) is 8.84. The number of aromatic nitrogens is 5. The zero-order valence-electron chi connectivity index (χ0n) is 15.4. The van der Waals surface area contributed by atoms with E-state index in [-0.39, 0.29) is 0 Å². The summed E-state index contributed by atoms with van der Waals surface area (Å²) in [6, 6.07) is 11.6. The maximum Gasteiger partial charge on any atom is 0.234 e. The van der Waals surface area contributed by atoms with Crippen molar-refractivity contribution in [2.24, 2.45) is 16.2 Å². The summed E-state index contributed by atoms with van der Waals surface area (Å²) in [5.41, 5.74) is 2.08. The van der Waals surface area contributed by atoms with Crippen LogP contribution in [0.15, 0.2) is 63.8 Å². The van der Waals surface area contributed by atoms with E-state index in [4.69, 9.17) is 10.4 Å². The second kappa shape index (κ2) is 7.06. The van der Waals surface area contributed by atoms with Crippen LogP contribution in [0, 0.1) is 0 Å². The van der Waals surface area contributed by atoms with Gasteiger partial charge in [-0.25, -0.2) is 9.50 Å². The maximum absolute atomic E-state index is 5.44. The van der Waals surface area contributed by atoms with Crippen molar-refractivity contribution in [1.29, 1.82) is 0 Å². The molecule has 4 rings (SSSR count). The number of anilines is 2. The van der Waals surface area contributed by atoms with E-state index < -0.39 is 5.41 Å². The smallest absolute Gasteiger partial charge is 0.234 e. The van der Waals surface area contributed by atoms with Crippen molar-refractivity contribution in [2.45, 2.75) is 19.3 Å². The lowest BCUT2D eigenvalue weighted by Gasteiger charge is -2.15. The molecule has 28 heavy (non-hydrogen) atoms. The Hall–Kier alpha value is -3.82. The van der Waals surface area contributed by atoms with Crippen molar-refractivity contribution in [2.75, 3.05) is 11.9 Å². The van der Waals surface area contributed by atoms with Crippen LogP contribution in [0.2, 0.25) is 0 Å². The minimum absolute atomic E-state index is 0.355. The fourth-order valence-corrected chi connectivity index (χ4v) is 2.74. The lowest BCUT2D eigenvalue weighted by molar-refractivity contribution is 0.309. The zero-order chi connectivity index (χ0) is 19.6. The molecule has 10 heteroatoms. The number of rotatable bonds is 6. The fourth-order valence-electron chi connectivity index (χ4n) is 2.74. The largest absolute Gasteiger partial charge is 0.338 e. The molecular weight excluding hydrogens is 358 g/mol. The number of fused-ring (bicyclic) bond motifs is 1. The average Bonchev–Trinajstić information content (AvgIpc) is 3.37. The third-order valence-corrected chi connectivity index (χ3v) is 4.27. The molecule has 10 nitrogen and oxygen atoms in total. The van der Waals surface area contributed by atoms with Gasteiger partial charge in [0.05, 0.1) is 12.0 Å². The van der Waals surface area contributed by atoms with Crippen LogP contribution in [0.1, 0.15) is 19.7 Å². The Morgan fingerprint density at radius 3 is 3.00 bits per heavy atom. The van der Waals surface area contributed by atoms with Crippen LogP contribution < -0.4 is 11.2 Å². The molecule has 0 aliphatic carbocycles. The molecule has 4 aromatic rings. The summed E-state index contributed by atoms with van der Waals surface area (Å²) in [6.45, 7) is 4.23. The van der Waals surface area contributed by atoms with Crippen molar-refractivity contribution in [3.05, 3.63) is 54.8 Å². The molecule has 3 heterocycles. The lowest BCUT2D eigenvalue weighted by Crippen LogP contribution is -2.21. The quantitative estimate of drug-likeness (QED) is 0.300. The third-order valence-electron chi connectivity index (χ3n) is 4.27. The van der Waals surface area contributed by atoms with Gasteiger partial charge in [-0.2, -0.15) is 15.2 Å². The molecule has 0 aliphatic rings. The fraction of sp³-hybridized carbons (Fsp3) is 0.222. The summed E-state index contributed by atoms with van der Waals surface area (Å²) >= 11 is 0. The minimum atomic E-state index is -0.467. The lowest BCUT2D eigenvalue weighted by atomic mass is 9.94. The molecule has 0 spiro atoms. The highest BCUT2D eigenvalue weighted by Crippen LogP contribution is 2.27.